The van der Waals surface area contributed by atoms with E-state index >= 15 is 0 Å². The predicted molar refractivity (Wildman–Crippen MR) is 142 cm³/mol. The Bertz CT molecular complexity index is 1420. The number of carbonyl (C=O) groups is 1. The molecule has 1 aromatic carbocycles. The standard InChI is InChI=1S/C26H25FN4O2S2/c1-16-6-11-22-28-23(29-12-4-3-5-17(29)2)20(24(32)30(22)14-16)13-21-25(33)31(26(34)35-21)15-18-7-9-19(27)10-8-18/h6-11,13-14,17H,3-5,12,15H2,1-2H3. The number of piperidine rings is 1. The molecular weight excluding hydrogens is 483 g/mol. The predicted octanol–water partition coefficient (Wildman–Crippen LogP) is 4.92. The van der Waals surface area contributed by atoms with Crippen LogP contribution in [0, 0.1) is 12.7 Å². The van der Waals surface area contributed by atoms with Crippen molar-refractivity contribution in [1.29, 1.82) is 0 Å². The molecule has 1 unspecified atom stereocenters. The molecule has 0 aliphatic carbocycles. The third-order valence-electron chi connectivity index (χ3n) is 6.46. The largest absolute Gasteiger partial charge is 0.353 e. The van der Waals surface area contributed by atoms with Gasteiger partial charge in [-0.05, 0) is 68.5 Å². The fourth-order valence-electron chi connectivity index (χ4n) is 4.54. The quantitative estimate of drug-likeness (QED) is 0.368. The van der Waals surface area contributed by atoms with Crippen LogP contribution in [0.5, 0.6) is 0 Å². The number of hydrogen-bond acceptors (Lipinski definition) is 6. The van der Waals surface area contributed by atoms with Crippen LogP contribution in [0.15, 0.2) is 52.3 Å². The summed E-state index contributed by atoms with van der Waals surface area (Å²) in [7, 11) is 0. The van der Waals surface area contributed by atoms with Gasteiger partial charge in [0.15, 0.2) is 0 Å². The number of nitrogens with zero attached hydrogens (tertiary/aromatic N) is 4. The maximum Gasteiger partial charge on any atom is 0.267 e. The molecule has 2 aliphatic rings. The molecule has 0 bridgehead atoms. The van der Waals surface area contributed by atoms with E-state index in [0.29, 0.717) is 26.3 Å². The van der Waals surface area contributed by atoms with Crippen LogP contribution < -0.4 is 10.5 Å². The minimum Gasteiger partial charge on any atom is -0.353 e. The van der Waals surface area contributed by atoms with Gasteiger partial charge in [0.05, 0.1) is 17.0 Å². The normalized spacial score (nSPS) is 19.9. The Morgan fingerprint density at radius 3 is 2.69 bits per heavy atom. The Labute approximate surface area is 212 Å². The number of aryl methyl sites for hydroxylation is 1. The molecule has 180 valence electrons. The molecule has 2 aliphatic heterocycles. The molecule has 4 heterocycles. The van der Waals surface area contributed by atoms with Crippen LogP contribution in [0.3, 0.4) is 0 Å². The van der Waals surface area contributed by atoms with Crippen LogP contribution >= 0.6 is 24.0 Å². The van der Waals surface area contributed by atoms with Gasteiger partial charge in [-0.3, -0.25) is 18.9 Å². The summed E-state index contributed by atoms with van der Waals surface area (Å²) >= 11 is 6.66. The summed E-state index contributed by atoms with van der Waals surface area (Å²) < 4.78 is 15.2. The van der Waals surface area contributed by atoms with Gasteiger partial charge in [0, 0.05) is 18.8 Å². The summed E-state index contributed by atoms with van der Waals surface area (Å²) in [4.78, 5) is 35.9. The van der Waals surface area contributed by atoms with Crippen molar-refractivity contribution in [2.45, 2.75) is 45.7 Å². The van der Waals surface area contributed by atoms with Crippen molar-refractivity contribution in [1.82, 2.24) is 14.3 Å². The monoisotopic (exact) mass is 508 g/mol. The summed E-state index contributed by atoms with van der Waals surface area (Å²) in [5.41, 5.74) is 2.47. The SMILES string of the molecule is Cc1ccc2nc(N3CCCCC3C)c(C=C3SC(=S)N(Cc4ccc(F)cc4)C3=O)c(=O)n2c1. The highest BCUT2D eigenvalue weighted by Crippen LogP contribution is 2.35. The first-order chi connectivity index (χ1) is 16.8. The topological polar surface area (TPSA) is 57.9 Å². The van der Waals surface area contributed by atoms with E-state index in [4.69, 9.17) is 17.2 Å². The lowest BCUT2D eigenvalue weighted by atomic mass is 10.0. The number of fused-ring (bicyclic) bond motifs is 1. The van der Waals surface area contributed by atoms with Crippen molar-refractivity contribution in [3.05, 3.63) is 80.4 Å². The summed E-state index contributed by atoms with van der Waals surface area (Å²) in [6, 6.07) is 10.0. The van der Waals surface area contributed by atoms with Crippen molar-refractivity contribution in [3.8, 4) is 0 Å². The highest BCUT2D eigenvalue weighted by molar-refractivity contribution is 8.26. The zero-order chi connectivity index (χ0) is 24.7. The van der Waals surface area contributed by atoms with Gasteiger partial charge in [-0.15, -0.1) is 0 Å². The highest BCUT2D eigenvalue weighted by atomic mass is 32.2. The molecular formula is C26H25FN4O2S2. The number of thioether (sulfide) groups is 1. The molecule has 2 fully saturated rings. The van der Waals surface area contributed by atoms with Gasteiger partial charge in [-0.2, -0.15) is 0 Å². The lowest BCUT2D eigenvalue weighted by Gasteiger charge is -2.35. The number of thiocarbonyl (C=S) groups is 1. The molecule has 0 N–H and O–H groups in total. The number of benzene rings is 1. The van der Waals surface area contributed by atoms with E-state index in [2.05, 4.69) is 11.8 Å². The third kappa shape index (κ3) is 4.62. The molecule has 1 amide bonds. The Morgan fingerprint density at radius 1 is 1.17 bits per heavy atom. The molecule has 3 aromatic rings. The van der Waals surface area contributed by atoms with Crippen molar-refractivity contribution in [3.63, 3.8) is 0 Å². The van der Waals surface area contributed by atoms with E-state index in [1.165, 1.54) is 28.8 Å². The average molecular weight is 509 g/mol. The van der Waals surface area contributed by atoms with E-state index < -0.39 is 0 Å². The fourth-order valence-corrected chi connectivity index (χ4v) is 5.78. The van der Waals surface area contributed by atoms with Gasteiger partial charge in [0.25, 0.3) is 11.5 Å². The number of carbonyl (C=O) groups excluding carboxylic acids is 1. The molecule has 0 radical (unpaired) electrons. The lowest BCUT2D eigenvalue weighted by molar-refractivity contribution is -0.122. The van der Waals surface area contributed by atoms with Gasteiger partial charge in [0.1, 0.15) is 21.6 Å². The third-order valence-corrected chi connectivity index (χ3v) is 7.84. The van der Waals surface area contributed by atoms with E-state index in [1.54, 1.807) is 28.8 Å². The Kier molecular flexibility index (Phi) is 6.46. The maximum atomic E-state index is 13.7. The second-order valence-corrected chi connectivity index (χ2v) is 10.7. The fraction of sp³-hybridized carbons (Fsp3) is 0.308. The van der Waals surface area contributed by atoms with Crippen LogP contribution in [-0.2, 0) is 11.3 Å². The van der Waals surface area contributed by atoms with Crippen LogP contribution in [0.1, 0.15) is 42.9 Å². The first kappa shape index (κ1) is 23.7. The molecule has 9 heteroatoms. The molecule has 0 saturated carbocycles. The Morgan fingerprint density at radius 2 is 1.94 bits per heavy atom. The number of hydrogen-bond donors (Lipinski definition) is 0. The van der Waals surface area contributed by atoms with Crippen LogP contribution in [0.2, 0.25) is 0 Å². The minimum absolute atomic E-state index is 0.213. The number of anilines is 1. The van der Waals surface area contributed by atoms with Crippen LogP contribution in [0.25, 0.3) is 11.7 Å². The smallest absolute Gasteiger partial charge is 0.267 e. The second kappa shape index (κ2) is 9.54. The molecule has 0 spiro atoms. The second-order valence-electron chi connectivity index (χ2n) is 9.02. The molecule has 2 aromatic heterocycles. The van der Waals surface area contributed by atoms with Crippen LogP contribution in [0.4, 0.5) is 10.2 Å². The Hall–Kier alpha value is -3.04. The molecule has 2 saturated heterocycles. The summed E-state index contributed by atoms with van der Waals surface area (Å²) in [6.07, 6.45) is 6.60. The zero-order valence-electron chi connectivity index (χ0n) is 19.5. The van der Waals surface area contributed by atoms with Gasteiger partial charge in [-0.1, -0.05) is 42.2 Å². The summed E-state index contributed by atoms with van der Waals surface area (Å²) in [6.45, 7) is 5.12. The van der Waals surface area contributed by atoms with Gasteiger partial charge in [0.2, 0.25) is 0 Å². The molecule has 35 heavy (non-hydrogen) atoms. The Balaban J connectivity index is 1.58. The maximum absolute atomic E-state index is 13.7. The number of pyridine rings is 1. The number of rotatable bonds is 4. The number of halogens is 1. The average Bonchev–Trinajstić information content (AvgIpc) is 3.10. The first-order valence-electron chi connectivity index (χ1n) is 11.6. The molecule has 6 nitrogen and oxygen atoms in total. The zero-order valence-corrected chi connectivity index (χ0v) is 21.2. The van der Waals surface area contributed by atoms with Crippen molar-refractivity contribution in [2.75, 3.05) is 11.4 Å². The van der Waals surface area contributed by atoms with Crippen molar-refractivity contribution >= 4 is 51.7 Å². The first-order valence-corrected chi connectivity index (χ1v) is 12.8. The van der Waals surface area contributed by atoms with Gasteiger partial charge in [-0.25, -0.2) is 9.37 Å². The molecule has 1 atom stereocenters. The minimum atomic E-state index is -0.335. The number of aromatic nitrogens is 2. The van der Waals surface area contributed by atoms with E-state index in [-0.39, 0.29) is 29.9 Å². The summed E-state index contributed by atoms with van der Waals surface area (Å²) in [5.74, 6) is 0.00332. The van der Waals surface area contributed by atoms with Gasteiger partial charge >= 0.3 is 0 Å². The van der Waals surface area contributed by atoms with Crippen molar-refractivity contribution in [2.24, 2.45) is 0 Å². The van der Waals surface area contributed by atoms with E-state index in [0.717, 1.165) is 36.9 Å². The van der Waals surface area contributed by atoms with Gasteiger partial charge < -0.3 is 4.90 Å². The van der Waals surface area contributed by atoms with Crippen LogP contribution in [-0.4, -0.2) is 37.1 Å². The lowest BCUT2D eigenvalue weighted by Crippen LogP contribution is -2.40. The summed E-state index contributed by atoms with van der Waals surface area (Å²) in [5, 5.41) is 0. The number of amides is 1. The highest BCUT2D eigenvalue weighted by Gasteiger charge is 2.33. The van der Waals surface area contributed by atoms with E-state index in [9.17, 15) is 14.0 Å². The molecule has 5 rings (SSSR count). The van der Waals surface area contributed by atoms with E-state index in [1.807, 2.05) is 19.1 Å². The van der Waals surface area contributed by atoms with Crippen molar-refractivity contribution < 1.29 is 9.18 Å².